The van der Waals surface area contributed by atoms with Gasteiger partial charge in [0.15, 0.2) is 14.5 Å². The van der Waals surface area contributed by atoms with Crippen molar-refractivity contribution in [3.63, 3.8) is 0 Å². The number of nitrogens with one attached hydrogen (secondary N) is 2. The van der Waals surface area contributed by atoms with E-state index in [0.29, 0.717) is 33.4 Å². The lowest BCUT2D eigenvalue weighted by molar-refractivity contribution is 0.0681. The maximum absolute atomic E-state index is 12.6. The molecule has 0 aliphatic heterocycles. The molecule has 0 saturated heterocycles. The smallest absolute Gasteiger partial charge is 0.410 e. The highest BCUT2D eigenvalue weighted by Crippen LogP contribution is 2.35. The van der Waals surface area contributed by atoms with E-state index in [-0.39, 0.29) is 77.2 Å². The number of carbonyl (C=O) groups is 4. The first kappa shape index (κ1) is 87.3. The van der Waals surface area contributed by atoms with E-state index in [9.17, 15) is 27.6 Å². The molecule has 23 heteroatoms. The molecule has 1 aliphatic carbocycles. The number of benzene rings is 3. The Morgan fingerprint density at radius 3 is 1.38 bits per heavy atom. The summed E-state index contributed by atoms with van der Waals surface area (Å²) in [6.45, 7) is 34.8. The summed E-state index contributed by atoms with van der Waals surface area (Å²) in [5.74, 6) is 4.07. The van der Waals surface area contributed by atoms with Crippen molar-refractivity contribution in [3.8, 4) is 0 Å². The van der Waals surface area contributed by atoms with Crippen LogP contribution in [0, 0.1) is 36.7 Å². The predicted molar refractivity (Wildman–Crippen MR) is 390 cm³/mol. The number of sulfone groups is 1. The highest BCUT2D eigenvalue weighted by atomic mass is 35.5. The van der Waals surface area contributed by atoms with E-state index in [1.165, 1.54) is 5.56 Å². The Morgan fingerprint density at radius 1 is 0.582 bits per heavy atom. The van der Waals surface area contributed by atoms with Gasteiger partial charge in [-0.25, -0.2) is 27.6 Å². The molecule has 0 fully saturated rings. The molecular formula is C68H104Cl5N4O10S4+. The summed E-state index contributed by atoms with van der Waals surface area (Å²) in [6.07, 6.45) is 7.37. The van der Waals surface area contributed by atoms with Gasteiger partial charge in [-0.15, -0.1) is 35.0 Å². The number of rotatable bonds is 26. The van der Waals surface area contributed by atoms with Crippen molar-refractivity contribution in [2.24, 2.45) is 23.7 Å². The number of aryl methyl sites for hydroxylation is 1. The average molecular weight is 1440 g/mol. The molecule has 0 saturated carbocycles. The van der Waals surface area contributed by atoms with Crippen LogP contribution in [-0.2, 0) is 34.5 Å². The van der Waals surface area contributed by atoms with E-state index in [0.717, 1.165) is 51.2 Å². The predicted octanol–water partition coefficient (Wildman–Crippen LogP) is 19.6. The van der Waals surface area contributed by atoms with Gasteiger partial charge >= 0.3 is 24.4 Å². The number of carbonyl (C=O) groups excluding carboxylic acids is 4. The van der Waals surface area contributed by atoms with Crippen LogP contribution in [0.5, 0.6) is 0 Å². The van der Waals surface area contributed by atoms with E-state index in [4.69, 9.17) is 77.0 Å². The van der Waals surface area contributed by atoms with Crippen LogP contribution in [0.1, 0.15) is 156 Å². The third-order valence-corrected chi connectivity index (χ3v) is 20.0. The van der Waals surface area contributed by atoms with Crippen molar-refractivity contribution in [2.45, 2.75) is 195 Å². The van der Waals surface area contributed by atoms with Crippen molar-refractivity contribution < 1.29 is 46.5 Å². The van der Waals surface area contributed by atoms with Gasteiger partial charge in [0.05, 0.1) is 59.7 Å². The number of allylic oxidation sites excluding steroid dienone is 5. The number of thioether (sulfide) groups is 2. The van der Waals surface area contributed by atoms with Gasteiger partial charge in [0.2, 0.25) is 5.03 Å². The van der Waals surface area contributed by atoms with Crippen molar-refractivity contribution in [3.05, 3.63) is 140 Å². The number of ether oxygens (including phenoxy) is 4. The molecule has 0 aromatic heterocycles. The van der Waals surface area contributed by atoms with E-state index < -0.39 is 26.7 Å². The van der Waals surface area contributed by atoms with Gasteiger partial charge in [-0.1, -0.05) is 140 Å². The van der Waals surface area contributed by atoms with Crippen LogP contribution in [0.3, 0.4) is 0 Å². The number of halogens is 5. The van der Waals surface area contributed by atoms with Gasteiger partial charge in [-0.2, -0.15) is 24.4 Å². The first-order valence-corrected chi connectivity index (χ1v) is 37.2. The third kappa shape index (κ3) is 38.5. The fraction of sp³-hybridized carbons (Fsp3) is 0.588. The molecule has 0 bridgehead atoms. The van der Waals surface area contributed by atoms with Crippen molar-refractivity contribution >= 4 is 128 Å². The summed E-state index contributed by atoms with van der Waals surface area (Å²) in [5.41, 5.74) is 4.94. The van der Waals surface area contributed by atoms with Crippen LogP contribution in [0.15, 0.2) is 102 Å². The third-order valence-electron chi connectivity index (χ3n) is 13.2. The van der Waals surface area contributed by atoms with Crippen LogP contribution in [-0.4, -0.2) is 128 Å². The zero-order chi connectivity index (χ0) is 69.9. The molecule has 91 heavy (non-hydrogen) atoms. The Hall–Kier alpha value is -3.68. The molecule has 1 aliphatic rings. The lowest BCUT2D eigenvalue weighted by atomic mass is 10.0. The van der Waals surface area contributed by atoms with Crippen LogP contribution in [0.4, 0.5) is 19.2 Å². The quantitative estimate of drug-likeness (QED) is 0.0301. The fourth-order valence-electron chi connectivity index (χ4n) is 7.85. The highest BCUT2D eigenvalue weighted by molar-refractivity contribution is 8.00. The first-order chi connectivity index (χ1) is 42.3. The van der Waals surface area contributed by atoms with Gasteiger partial charge < -0.3 is 39.4 Å². The van der Waals surface area contributed by atoms with E-state index >= 15 is 0 Å². The van der Waals surface area contributed by atoms with Crippen LogP contribution < -0.4 is 10.6 Å². The number of hydrogen-bond donors (Lipinski definition) is 3. The molecule has 0 spiro atoms. The molecule has 3 aromatic carbocycles. The summed E-state index contributed by atoms with van der Waals surface area (Å²) in [7, 11) is -0.0524. The van der Waals surface area contributed by atoms with Gasteiger partial charge in [0, 0.05) is 65.6 Å². The molecule has 514 valence electrons. The largest absolute Gasteiger partial charge is 0.447 e. The van der Waals surface area contributed by atoms with Crippen LogP contribution >= 0.6 is 94.2 Å². The maximum atomic E-state index is 12.6. The summed E-state index contributed by atoms with van der Waals surface area (Å²) in [5, 5.41) is 7.56. The second-order valence-electron chi connectivity index (χ2n) is 24.1. The maximum Gasteiger partial charge on any atom is 0.410 e. The number of hydrogen-bond acceptors (Lipinski definition) is 13. The van der Waals surface area contributed by atoms with E-state index in [1.54, 1.807) is 54.6 Å². The summed E-state index contributed by atoms with van der Waals surface area (Å²) in [6, 6.07) is 22.3. The summed E-state index contributed by atoms with van der Waals surface area (Å²) < 4.78 is 44.5. The number of alkyl halides is 2. The van der Waals surface area contributed by atoms with E-state index in [2.05, 4.69) is 77.8 Å². The second kappa shape index (κ2) is 46.4. The molecule has 6 atom stereocenters. The highest BCUT2D eigenvalue weighted by Gasteiger charge is 2.32. The molecule has 0 heterocycles. The standard InChI is InChI=1S/C17H25Cl2NO2S.C17H26ClNO4S.C17H26ClNO2S.C10H21NO2.C7H5ClS/c1-11(2)15(20(5)17(21)22-12(3)4)10-23-16(19)13-6-8-14(18)9-7-13;1-11(2)15(19-17(20)23-12(3)4)10-24(21,22)16(18)14-8-6-13(5)7-9-14;1-12(2)16(19(5)17(20)21-13(3)4)11-22-10-14-6-8-15(18)9-7-14;1-6-9(7(2)3)11-10(12)13-8(4)5;8-7-3-1-6(5-9)2-4-7/h6-9,11-12,15-16H,10H2,1-5H3;6-9,11-12,15-16H,10H2,1-5H3,(H,19,20);6-9,12-13,16H,10-11H2,1-5H3;7-9H,6H2,1-5H3,(H,11,12);1-3H,5H2/p+1/t2*15-,16?;16-;9-;/m1111./s1. The number of amides is 4. The molecule has 2 unspecified atom stereocenters. The fourth-order valence-corrected chi connectivity index (χ4v) is 13.6. The van der Waals surface area contributed by atoms with Crippen LogP contribution in [0.2, 0.25) is 10.0 Å². The minimum Gasteiger partial charge on any atom is -0.447 e. The Kier molecular flexibility index (Phi) is 44.6. The molecular weight excluding hydrogens is 1340 g/mol. The minimum atomic E-state index is -3.65. The van der Waals surface area contributed by atoms with Crippen LogP contribution in [0.25, 0.3) is 0 Å². The molecule has 0 radical (unpaired) electrons. The topological polar surface area (TPSA) is 170 Å². The van der Waals surface area contributed by atoms with Gasteiger partial charge in [0.25, 0.3) is 0 Å². The first-order valence-electron chi connectivity index (χ1n) is 30.7. The number of nitrogens with zero attached hydrogens (tertiary/aromatic N) is 2. The number of thiol groups is 1. The average Bonchev–Trinajstić information content (AvgIpc) is 1.58. The van der Waals surface area contributed by atoms with Gasteiger partial charge in [-0.05, 0) is 145 Å². The zero-order valence-electron chi connectivity index (χ0n) is 57.0. The molecule has 4 rings (SSSR count). The molecule has 14 nitrogen and oxygen atoms in total. The van der Waals surface area contributed by atoms with Gasteiger partial charge in [-0.3, -0.25) is 0 Å². The second-order valence-corrected chi connectivity index (χ2v) is 31.4. The Bertz CT molecular complexity index is 2770. The molecule has 2 N–H and O–H groups in total. The van der Waals surface area contributed by atoms with Crippen molar-refractivity contribution in [1.82, 2.24) is 20.4 Å². The lowest BCUT2D eigenvalue weighted by Crippen LogP contribution is -2.44. The summed E-state index contributed by atoms with van der Waals surface area (Å²) in [4.78, 5) is 50.5. The monoisotopic (exact) mass is 1440 g/mol. The summed E-state index contributed by atoms with van der Waals surface area (Å²) >= 11 is 37.5. The van der Waals surface area contributed by atoms with Gasteiger partial charge in [0.1, 0.15) is 10.8 Å². The Balaban J connectivity index is 0.00000115. The van der Waals surface area contributed by atoms with Crippen molar-refractivity contribution in [2.75, 3.05) is 37.1 Å². The SMILES string of the molecule is CC(C)OC(=O)N(C)[C@H](CSC(Cl)c1ccc(Cl)cc1)C(C)C.CC(C)OC(=O)N(C)[C@H](CSCc1ccc(Cl)cc1)C(C)C.CC[C@@H](NC(=O)OC(C)C)C(C)C.Cc1ccc(C(Cl)S(=O)(=O)C[C@@H](NC(=O)OC(C)C)C(C)C)cc1.SCC1=C[C+]=C(Cl)C=C1. The lowest BCUT2D eigenvalue weighted by Gasteiger charge is -2.31. The van der Waals surface area contributed by atoms with E-state index in [1.807, 2.05) is 160 Å². The Morgan fingerprint density at radius 2 is 1.00 bits per heavy atom. The normalized spacial score (nSPS) is 13.9. The molecule has 3 aromatic rings. The minimum absolute atomic E-state index is 0.0512. The Labute approximate surface area is 586 Å². The number of alkyl carbamates (subject to hydrolysis) is 2. The zero-order valence-corrected chi connectivity index (χ0v) is 64.1. The molecule has 4 amide bonds. The van der Waals surface area contributed by atoms with Crippen molar-refractivity contribution in [1.29, 1.82) is 0 Å².